The molecule has 1 amide bonds. The van der Waals surface area contributed by atoms with E-state index < -0.39 is 0 Å². The molecule has 0 aromatic heterocycles. The van der Waals surface area contributed by atoms with Gasteiger partial charge in [-0.1, -0.05) is 18.2 Å². The molecule has 20 heavy (non-hydrogen) atoms. The number of fused-ring (bicyclic) bond motifs is 1. The second kappa shape index (κ2) is 5.02. The maximum absolute atomic E-state index is 12.4. The van der Waals surface area contributed by atoms with Gasteiger partial charge in [-0.3, -0.25) is 4.79 Å². The van der Waals surface area contributed by atoms with Crippen LogP contribution in [-0.4, -0.2) is 42.2 Å². The second-order valence-electron chi connectivity index (χ2n) is 4.81. The Morgan fingerprint density at radius 1 is 1.15 bits per heavy atom. The van der Waals surface area contributed by atoms with Crippen molar-refractivity contribution in [2.45, 2.75) is 0 Å². The summed E-state index contributed by atoms with van der Waals surface area (Å²) >= 11 is 0. The van der Waals surface area contributed by atoms with Crippen LogP contribution in [0.25, 0.3) is 10.8 Å². The average molecular weight is 272 g/mol. The number of phenolic OH excluding ortho intramolecular Hbond substituents is 1. The van der Waals surface area contributed by atoms with E-state index in [2.05, 4.69) is 0 Å². The molecule has 2 aromatic rings. The van der Waals surface area contributed by atoms with Crippen molar-refractivity contribution >= 4 is 22.4 Å². The first-order valence-corrected chi connectivity index (χ1v) is 6.55. The molecule has 0 radical (unpaired) electrons. The molecule has 2 aromatic carbocycles. The highest BCUT2D eigenvalue weighted by Crippen LogP contribution is 2.32. The Balaban J connectivity index is 2.03. The van der Waals surface area contributed by atoms with Crippen molar-refractivity contribution in [1.82, 2.24) is 4.90 Å². The largest absolute Gasteiger partial charge is 0.506 e. The molecule has 1 aliphatic rings. The number of carbonyl (C=O) groups excluding carboxylic acids is 1. The molecule has 0 saturated carbocycles. The van der Waals surface area contributed by atoms with Gasteiger partial charge in [0.15, 0.2) is 0 Å². The predicted molar refractivity (Wildman–Crippen MR) is 76.7 cm³/mol. The normalized spacial score (nSPS) is 15.5. The Morgan fingerprint density at radius 3 is 2.65 bits per heavy atom. The number of nitrogens with two attached hydrogens (primary N) is 1. The second-order valence-corrected chi connectivity index (χ2v) is 4.81. The maximum atomic E-state index is 12.4. The van der Waals surface area contributed by atoms with E-state index in [0.717, 1.165) is 5.39 Å². The van der Waals surface area contributed by atoms with Crippen molar-refractivity contribution in [2.75, 3.05) is 32.0 Å². The van der Waals surface area contributed by atoms with Crippen molar-refractivity contribution in [3.8, 4) is 5.75 Å². The van der Waals surface area contributed by atoms with Gasteiger partial charge >= 0.3 is 0 Å². The van der Waals surface area contributed by atoms with Crippen LogP contribution in [-0.2, 0) is 4.74 Å². The number of amides is 1. The summed E-state index contributed by atoms with van der Waals surface area (Å²) in [5.41, 5.74) is 6.77. The van der Waals surface area contributed by atoms with E-state index in [-0.39, 0.29) is 11.7 Å². The van der Waals surface area contributed by atoms with Gasteiger partial charge in [0, 0.05) is 29.5 Å². The molecule has 3 N–H and O–H groups in total. The highest BCUT2D eigenvalue weighted by Gasteiger charge is 2.22. The summed E-state index contributed by atoms with van der Waals surface area (Å²) in [6, 6.07) is 8.70. The summed E-state index contributed by atoms with van der Waals surface area (Å²) in [6.45, 7) is 2.17. The number of hydrogen-bond acceptors (Lipinski definition) is 4. The standard InChI is InChI=1S/C15H16N2O3/c16-13-3-1-2-11-10(13)4-5-12(14(11)18)15(19)17-6-8-20-9-7-17/h1-5,18H,6-9,16H2. The Bertz CT molecular complexity index is 663. The van der Waals surface area contributed by atoms with E-state index >= 15 is 0 Å². The molecule has 3 rings (SSSR count). The minimum Gasteiger partial charge on any atom is -0.506 e. The quantitative estimate of drug-likeness (QED) is 0.773. The van der Waals surface area contributed by atoms with Gasteiger partial charge in [0.25, 0.3) is 5.91 Å². The van der Waals surface area contributed by atoms with Crippen molar-refractivity contribution in [2.24, 2.45) is 0 Å². The fourth-order valence-electron chi connectivity index (χ4n) is 2.48. The van der Waals surface area contributed by atoms with E-state index in [1.165, 1.54) is 0 Å². The predicted octanol–water partition coefficient (Wildman–Crippen LogP) is 1.60. The van der Waals surface area contributed by atoms with Crippen molar-refractivity contribution in [1.29, 1.82) is 0 Å². The van der Waals surface area contributed by atoms with Gasteiger partial charge in [-0.15, -0.1) is 0 Å². The van der Waals surface area contributed by atoms with Crippen LogP contribution in [0.15, 0.2) is 30.3 Å². The highest BCUT2D eigenvalue weighted by atomic mass is 16.5. The van der Waals surface area contributed by atoms with Crippen molar-refractivity contribution < 1.29 is 14.6 Å². The number of nitrogens with zero attached hydrogens (tertiary/aromatic N) is 1. The number of rotatable bonds is 1. The molecular weight excluding hydrogens is 256 g/mol. The van der Waals surface area contributed by atoms with E-state index in [1.807, 2.05) is 0 Å². The molecule has 5 nitrogen and oxygen atoms in total. The fraction of sp³-hybridized carbons (Fsp3) is 0.267. The lowest BCUT2D eigenvalue weighted by Crippen LogP contribution is -2.40. The Labute approximate surface area is 116 Å². The number of phenols is 1. The molecule has 5 heteroatoms. The van der Waals surface area contributed by atoms with Crippen LogP contribution in [0.5, 0.6) is 5.75 Å². The molecule has 1 heterocycles. The van der Waals surface area contributed by atoms with Gasteiger partial charge in [-0.2, -0.15) is 0 Å². The van der Waals surface area contributed by atoms with E-state index in [0.29, 0.717) is 42.9 Å². The molecule has 1 fully saturated rings. The SMILES string of the molecule is Nc1cccc2c(O)c(C(=O)N3CCOCC3)ccc12. The smallest absolute Gasteiger partial charge is 0.257 e. The van der Waals surface area contributed by atoms with Crippen LogP contribution >= 0.6 is 0 Å². The fourth-order valence-corrected chi connectivity index (χ4v) is 2.48. The first kappa shape index (κ1) is 12.7. The summed E-state index contributed by atoms with van der Waals surface area (Å²) < 4.78 is 5.23. The summed E-state index contributed by atoms with van der Waals surface area (Å²) in [5.74, 6) is -0.179. The summed E-state index contributed by atoms with van der Waals surface area (Å²) in [6.07, 6.45) is 0. The zero-order valence-electron chi connectivity index (χ0n) is 11.0. The first-order valence-electron chi connectivity index (χ1n) is 6.55. The molecule has 104 valence electrons. The number of ether oxygens (including phenoxy) is 1. The first-order chi connectivity index (χ1) is 9.68. The van der Waals surface area contributed by atoms with Gasteiger partial charge in [-0.25, -0.2) is 0 Å². The average Bonchev–Trinajstić information content (AvgIpc) is 2.49. The molecule has 0 atom stereocenters. The van der Waals surface area contributed by atoms with Crippen LogP contribution in [0.4, 0.5) is 5.69 Å². The molecular formula is C15H16N2O3. The summed E-state index contributed by atoms with van der Waals surface area (Å²) in [5, 5.41) is 11.7. The minimum absolute atomic E-state index is 0.00806. The number of benzene rings is 2. The van der Waals surface area contributed by atoms with Crippen LogP contribution in [0.3, 0.4) is 0 Å². The number of aromatic hydroxyl groups is 1. The number of hydrogen-bond donors (Lipinski definition) is 2. The van der Waals surface area contributed by atoms with E-state index in [9.17, 15) is 9.90 Å². The van der Waals surface area contributed by atoms with Gasteiger partial charge in [0.2, 0.25) is 0 Å². The lowest BCUT2D eigenvalue weighted by atomic mass is 10.0. The Kier molecular flexibility index (Phi) is 3.20. The maximum Gasteiger partial charge on any atom is 0.257 e. The molecule has 1 aliphatic heterocycles. The van der Waals surface area contributed by atoms with Crippen molar-refractivity contribution in [3.05, 3.63) is 35.9 Å². The molecule has 1 saturated heterocycles. The van der Waals surface area contributed by atoms with Gasteiger partial charge in [0.1, 0.15) is 5.75 Å². The lowest BCUT2D eigenvalue weighted by molar-refractivity contribution is 0.0301. The number of carbonyl (C=O) groups is 1. The lowest BCUT2D eigenvalue weighted by Gasteiger charge is -2.27. The number of nitrogen functional groups attached to an aromatic ring is 1. The topological polar surface area (TPSA) is 75.8 Å². The van der Waals surface area contributed by atoms with E-state index in [1.54, 1.807) is 35.2 Å². The van der Waals surface area contributed by atoms with Gasteiger partial charge in [0.05, 0.1) is 18.8 Å². The van der Waals surface area contributed by atoms with Crippen LogP contribution in [0.2, 0.25) is 0 Å². The monoisotopic (exact) mass is 272 g/mol. The number of anilines is 1. The Hall–Kier alpha value is -2.27. The van der Waals surface area contributed by atoms with Gasteiger partial charge < -0.3 is 20.5 Å². The van der Waals surface area contributed by atoms with Crippen molar-refractivity contribution in [3.63, 3.8) is 0 Å². The van der Waals surface area contributed by atoms with Crippen LogP contribution in [0, 0.1) is 0 Å². The van der Waals surface area contributed by atoms with Crippen LogP contribution in [0.1, 0.15) is 10.4 Å². The van der Waals surface area contributed by atoms with Gasteiger partial charge in [-0.05, 0) is 12.1 Å². The summed E-state index contributed by atoms with van der Waals surface area (Å²) in [7, 11) is 0. The van der Waals surface area contributed by atoms with Crippen LogP contribution < -0.4 is 5.73 Å². The highest BCUT2D eigenvalue weighted by molar-refractivity contribution is 6.06. The molecule has 0 unspecified atom stereocenters. The van der Waals surface area contributed by atoms with E-state index in [4.69, 9.17) is 10.5 Å². The summed E-state index contributed by atoms with van der Waals surface area (Å²) in [4.78, 5) is 14.1. The number of morpholine rings is 1. The zero-order valence-corrected chi connectivity index (χ0v) is 11.0. The molecule has 0 aliphatic carbocycles. The molecule has 0 spiro atoms. The third kappa shape index (κ3) is 2.06. The zero-order chi connectivity index (χ0) is 14.1. The third-order valence-corrected chi connectivity index (χ3v) is 3.60. The Morgan fingerprint density at radius 2 is 1.90 bits per heavy atom. The third-order valence-electron chi connectivity index (χ3n) is 3.60. The minimum atomic E-state index is -0.171. The molecule has 0 bridgehead atoms.